The number of ether oxygens (including phenoxy) is 2. The minimum Gasteiger partial charge on any atom is -0.508 e. The van der Waals surface area contributed by atoms with Gasteiger partial charge in [0.05, 0.1) is 12.2 Å². The molecule has 128 valence electrons. The van der Waals surface area contributed by atoms with Gasteiger partial charge >= 0.3 is 5.97 Å². The Morgan fingerprint density at radius 1 is 1.17 bits per heavy atom. The highest BCUT2D eigenvalue weighted by Gasteiger charge is 2.39. The van der Waals surface area contributed by atoms with Crippen LogP contribution in [0.25, 0.3) is 0 Å². The molecular formula is C18H20O6. The molecule has 0 saturated carbocycles. The number of hydrogen-bond donors (Lipinski definition) is 2. The summed E-state index contributed by atoms with van der Waals surface area (Å²) >= 11 is 0. The van der Waals surface area contributed by atoms with Gasteiger partial charge in [-0.2, -0.15) is 0 Å². The zero-order valence-corrected chi connectivity index (χ0v) is 13.4. The van der Waals surface area contributed by atoms with Crippen molar-refractivity contribution in [3.8, 4) is 11.5 Å². The summed E-state index contributed by atoms with van der Waals surface area (Å²) in [6, 6.07) is 2.37. The molecule has 0 aliphatic carbocycles. The lowest BCUT2D eigenvalue weighted by Crippen LogP contribution is -2.19. The minimum atomic E-state index is -0.707. The molecular weight excluding hydrogens is 312 g/mol. The second-order valence-electron chi connectivity index (χ2n) is 6.29. The summed E-state index contributed by atoms with van der Waals surface area (Å²) in [5.74, 6) is -1.53. The molecule has 2 N–H and O–H groups in total. The highest BCUT2D eigenvalue weighted by molar-refractivity contribution is 5.98. The maximum atomic E-state index is 12.4. The summed E-state index contributed by atoms with van der Waals surface area (Å²) in [6.45, 7) is 1.77. The Balaban J connectivity index is 1.92. The Morgan fingerprint density at radius 2 is 1.96 bits per heavy atom. The fourth-order valence-electron chi connectivity index (χ4n) is 3.02. The monoisotopic (exact) mass is 332 g/mol. The topological polar surface area (TPSA) is 96.4 Å². The van der Waals surface area contributed by atoms with Crippen LogP contribution in [0.3, 0.4) is 0 Å². The van der Waals surface area contributed by atoms with Crippen LogP contribution in [0.4, 0.5) is 0 Å². The van der Waals surface area contributed by atoms with E-state index in [1.54, 1.807) is 13.0 Å². The van der Waals surface area contributed by atoms with Crippen LogP contribution in [0.1, 0.15) is 42.1 Å². The van der Waals surface area contributed by atoms with Crippen LogP contribution in [0, 0.1) is 0 Å². The third-order valence-corrected chi connectivity index (χ3v) is 4.23. The number of cyclic esters (lactones) is 1. The molecule has 0 radical (unpaired) electrons. The summed E-state index contributed by atoms with van der Waals surface area (Å²) in [7, 11) is 0. The number of benzene rings is 1. The summed E-state index contributed by atoms with van der Waals surface area (Å²) in [5.41, 5.74) is 0.170. The van der Waals surface area contributed by atoms with Gasteiger partial charge in [-0.15, -0.1) is 0 Å². The molecule has 1 fully saturated rings. The number of epoxide rings is 1. The van der Waals surface area contributed by atoms with E-state index in [0.717, 1.165) is 18.9 Å². The Labute approximate surface area is 139 Å². The molecule has 2 heterocycles. The van der Waals surface area contributed by atoms with E-state index in [2.05, 4.69) is 0 Å². The largest absolute Gasteiger partial charge is 0.508 e. The SMILES string of the molecule is C[C@H]1C[C@@H]2O[C@@H]2CC/C=C/C(=O)Cc2cc(O)cc(O)c2C(=O)O1. The standard InChI is InChI=1S/C18H20O6/c1-10-6-16-15(24-16)5-3-2-4-12(19)7-11-8-13(20)9-14(21)17(11)18(22)23-10/h2,4,8-10,15-16,20-21H,3,5-7H2,1H3/b4-2+/t10-,15+,16-/m0/s1. The first-order valence-corrected chi connectivity index (χ1v) is 8.04. The first kappa shape index (κ1) is 16.5. The van der Waals surface area contributed by atoms with Gasteiger partial charge in [0, 0.05) is 18.9 Å². The summed E-state index contributed by atoms with van der Waals surface area (Å²) < 4.78 is 10.9. The lowest BCUT2D eigenvalue weighted by molar-refractivity contribution is -0.114. The predicted molar refractivity (Wildman–Crippen MR) is 85.0 cm³/mol. The average Bonchev–Trinajstić information content (AvgIpc) is 3.19. The molecule has 0 bridgehead atoms. The van der Waals surface area contributed by atoms with E-state index in [1.807, 2.05) is 0 Å². The molecule has 0 amide bonds. The van der Waals surface area contributed by atoms with Gasteiger partial charge in [-0.1, -0.05) is 6.08 Å². The molecule has 1 saturated heterocycles. The molecule has 1 aromatic rings. The van der Waals surface area contributed by atoms with E-state index in [0.29, 0.717) is 6.42 Å². The number of fused-ring (bicyclic) bond motifs is 2. The van der Waals surface area contributed by atoms with Crippen LogP contribution in [0.5, 0.6) is 11.5 Å². The number of phenols is 2. The third kappa shape index (κ3) is 3.76. The first-order chi connectivity index (χ1) is 11.4. The predicted octanol–water partition coefficient (Wildman–Crippen LogP) is 2.26. The quantitative estimate of drug-likeness (QED) is 0.559. The van der Waals surface area contributed by atoms with Crippen LogP contribution in [0.15, 0.2) is 24.3 Å². The third-order valence-electron chi connectivity index (χ3n) is 4.23. The first-order valence-electron chi connectivity index (χ1n) is 8.04. The molecule has 3 atom stereocenters. The molecule has 2 aliphatic heterocycles. The van der Waals surface area contributed by atoms with Crippen molar-refractivity contribution in [2.24, 2.45) is 0 Å². The van der Waals surface area contributed by atoms with E-state index in [-0.39, 0.29) is 47.4 Å². The van der Waals surface area contributed by atoms with E-state index < -0.39 is 11.7 Å². The molecule has 2 aliphatic rings. The molecule has 0 aromatic heterocycles. The number of hydrogen-bond acceptors (Lipinski definition) is 6. The number of carbonyl (C=O) groups is 2. The Morgan fingerprint density at radius 3 is 2.75 bits per heavy atom. The van der Waals surface area contributed by atoms with Crippen molar-refractivity contribution in [3.63, 3.8) is 0 Å². The number of rotatable bonds is 0. The van der Waals surface area contributed by atoms with Gasteiger partial charge in [0.25, 0.3) is 0 Å². The molecule has 1 aromatic carbocycles. The Bertz CT molecular complexity index is 693. The number of carbonyl (C=O) groups excluding carboxylic acids is 2. The fourth-order valence-corrected chi connectivity index (χ4v) is 3.02. The van der Waals surface area contributed by atoms with Crippen molar-refractivity contribution >= 4 is 11.8 Å². The molecule has 0 unspecified atom stereocenters. The van der Waals surface area contributed by atoms with Gasteiger partial charge in [-0.05, 0) is 37.5 Å². The number of allylic oxidation sites excluding steroid dienone is 2. The number of aromatic hydroxyl groups is 2. The van der Waals surface area contributed by atoms with Crippen molar-refractivity contribution in [2.45, 2.75) is 50.9 Å². The van der Waals surface area contributed by atoms with Crippen LogP contribution < -0.4 is 0 Å². The van der Waals surface area contributed by atoms with Crippen molar-refractivity contribution < 1.29 is 29.3 Å². The maximum Gasteiger partial charge on any atom is 0.342 e. The van der Waals surface area contributed by atoms with Crippen LogP contribution in [-0.4, -0.2) is 40.3 Å². The van der Waals surface area contributed by atoms with Gasteiger partial charge in [0.15, 0.2) is 5.78 Å². The fraction of sp³-hybridized carbons (Fsp3) is 0.444. The lowest BCUT2D eigenvalue weighted by Gasteiger charge is -2.15. The van der Waals surface area contributed by atoms with E-state index >= 15 is 0 Å². The lowest BCUT2D eigenvalue weighted by atomic mass is 9.99. The van der Waals surface area contributed by atoms with Crippen molar-refractivity contribution in [1.82, 2.24) is 0 Å². The van der Waals surface area contributed by atoms with E-state index in [4.69, 9.17) is 9.47 Å². The van der Waals surface area contributed by atoms with E-state index in [1.165, 1.54) is 12.1 Å². The number of phenolic OH excluding ortho intramolecular Hbond substituents is 2. The van der Waals surface area contributed by atoms with Gasteiger partial charge in [0.2, 0.25) is 0 Å². The normalized spacial score (nSPS) is 29.0. The van der Waals surface area contributed by atoms with Gasteiger partial charge in [-0.3, -0.25) is 4.79 Å². The van der Waals surface area contributed by atoms with E-state index in [9.17, 15) is 19.8 Å². The highest BCUT2D eigenvalue weighted by Crippen LogP contribution is 2.33. The second kappa shape index (κ2) is 6.65. The zero-order valence-electron chi connectivity index (χ0n) is 13.4. The van der Waals surface area contributed by atoms with Crippen LogP contribution in [0.2, 0.25) is 0 Å². The van der Waals surface area contributed by atoms with Gasteiger partial charge in [0.1, 0.15) is 23.2 Å². The smallest absolute Gasteiger partial charge is 0.342 e. The van der Waals surface area contributed by atoms with Crippen LogP contribution in [-0.2, 0) is 20.7 Å². The van der Waals surface area contributed by atoms with Crippen molar-refractivity contribution in [1.29, 1.82) is 0 Å². The Hall–Kier alpha value is -2.34. The number of esters is 1. The van der Waals surface area contributed by atoms with Gasteiger partial charge in [-0.25, -0.2) is 4.79 Å². The second-order valence-corrected chi connectivity index (χ2v) is 6.29. The van der Waals surface area contributed by atoms with Gasteiger partial charge < -0.3 is 19.7 Å². The minimum absolute atomic E-state index is 0.0627. The number of ketones is 1. The molecule has 24 heavy (non-hydrogen) atoms. The maximum absolute atomic E-state index is 12.4. The molecule has 3 rings (SSSR count). The molecule has 0 spiro atoms. The summed E-state index contributed by atoms with van der Waals surface area (Å²) in [5, 5.41) is 19.7. The van der Waals surface area contributed by atoms with Crippen molar-refractivity contribution in [3.05, 3.63) is 35.4 Å². The zero-order chi connectivity index (χ0) is 17.3. The van der Waals surface area contributed by atoms with Crippen LogP contribution >= 0.6 is 0 Å². The Kier molecular flexibility index (Phi) is 4.57. The van der Waals surface area contributed by atoms with Crippen molar-refractivity contribution in [2.75, 3.05) is 0 Å². The highest BCUT2D eigenvalue weighted by atomic mass is 16.6. The summed E-state index contributed by atoms with van der Waals surface area (Å²) in [6.07, 6.45) is 5.14. The summed E-state index contributed by atoms with van der Waals surface area (Å²) in [4.78, 5) is 24.5. The molecule has 6 heteroatoms. The molecule has 6 nitrogen and oxygen atoms in total. The average molecular weight is 332 g/mol.